The van der Waals surface area contributed by atoms with Gasteiger partial charge < -0.3 is 14.2 Å². The monoisotopic (exact) mass is 396 g/mol. The second-order valence-electron chi connectivity index (χ2n) is 6.15. The molecule has 0 fully saturated rings. The SMILES string of the molecule is COc1ccc(C(=O)COC(=O)C2=NN(c3ccccc3)C(=O)CC2)c(OC)c1. The first-order valence-corrected chi connectivity index (χ1v) is 8.91. The number of nitrogens with zero attached hydrogens (tertiary/aromatic N) is 2. The minimum atomic E-state index is -0.737. The van der Waals surface area contributed by atoms with Crippen LogP contribution in [-0.2, 0) is 14.3 Å². The van der Waals surface area contributed by atoms with Crippen molar-refractivity contribution in [2.24, 2.45) is 5.10 Å². The van der Waals surface area contributed by atoms with E-state index in [0.29, 0.717) is 17.2 Å². The maximum atomic E-state index is 12.4. The number of para-hydroxylation sites is 1. The lowest BCUT2D eigenvalue weighted by Crippen LogP contribution is -2.35. The second-order valence-corrected chi connectivity index (χ2v) is 6.15. The third kappa shape index (κ3) is 4.60. The van der Waals surface area contributed by atoms with Gasteiger partial charge in [-0.25, -0.2) is 9.80 Å². The molecule has 1 heterocycles. The summed E-state index contributed by atoms with van der Waals surface area (Å²) in [6, 6.07) is 13.5. The van der Waals surface area contributed by atoms with Gasteiger partial charge >= 0.3 is 5.97 Å². The summed E-state index contributed by atoms with van der Waals surface area (Å²) in [6.45, 7) is -0.472. The molecule has 0 spiro atoms. The molecule has 0 aliphatic carbocycles. The predicted octanol–water partition coefficient (Wildman–Crippen LogP) is 2.61. The molecule has 0 aromatic heterocycles. The van der Waals surface area contributed by atoms with Gasteiger partial charge in [-0.05, 0) is 24.3 Å². The van der Waals surface area contributed by atoms with Crippen molar-refractivity contribution >= 4 is 29.1 Å². The molecular weight excluding hydrogens is 376 g/mol. The Hall–Kier alpha value is -3.68. The number of anilines is 1. The Morgan fingerprint density at radius 3 is 2.48 bits per heavy atom. The van der Waals surface area contributed by atoms with E-state index in [1.165, 1.54) is 19.2 Å². The summed E-state index contributed by atoms with van der Waals surface area (Å²) in [5.74, 6) is -0.518. The highest BCUT2D eigenvalue weighted by Crippen LogP contribution is 2.25. The molecular formula is C21H20N2O6. The average Bonchev–Trinajstić information content (AvgIpc) is 2.77. The van der Waals surface area contributed by atoms with E-state index in [4.69, 9.17) is 14.2 Å². The number of amides is 1. The van der Waals surface area contributed by atoms with Crippen LogP contribution in [0, 0.1) is 0 Å². The van der Waals surface area contributed by atoms with Crippen LogP contribution in [0.4, 0.5) is 5.69 Å². The number of hydrogen-bond acceptors (Lipinski definition) is 7. The zero-order chi connectivity index (χ0) is 20.8. The molecule has 0 saturated heterocycles. The van der Waals surface area contributed by atoms with Crippen molar-refractivity contribution in [1.29, 1.82) is 0 Å². The maximum absolute atomic E-state index is 12.4. The Morgan fingerprint density at radius 1 is 1.03 bits per heavy atom. The van der Waals surface area contributed by atoms with Gasteiger partial charge in [0.15, 0.2) is 6.61 Å². The minimum Gasteiger partial charge on any atom is -0.497 e. The number of hydrogen-bond donors (Lipinski definition) is 0. The summed E-state index contributed by atoms with van der Waals surface area (Å²) in [5.41, 5.74) is 0.914. The van der Waals surface area contributed by atoms with Crippen LogP contribution >= 0.6 is 0 Å². The van der Waals surface area contributed by atoms with Gasteiger partial charge in [0.2, 0.25) is 11.7 Å². The van der Waals surface area contributed by atoms with E-state index in [9.17, 15) is 14.4 Å². The maximum Gasteiger partial charge on any atom is 0.354 e. The lowest BCUT2D eigenvalue weighted by molar-refractivity contribution is -0.134. The highest BCUT2D eigenvalue weighted by atomic mass is 16.5. The number of rotatable bonds is 7. The summed E-state index contributed by atoms with van der Waals surface area (Å²) in [4.78, 5) is 36.9. The van der Waals surface area contributed by atoms with Crippen molar-refractivity contribution in [3.63, 3.8) is 0 Å². The van der Waals surface area contributed by atoms with Crippen LogP contribution in [0.1, 0.15) is 23.2 Å². The van der Waals surface area contributed by atoms with Crippen LogP contribution in [0.5, 0.6) is 11.5 Å². The van der Waals surface area contributed by atoms with Crippen LogP contribution in [-0.4, -0.2) is 44.2 Å². The number of ether oxygens (including phenoxy) is 3. The van der Waals surface area contributed by atoms with E-state index in [-0.39, 0.29) is 30.0 Å². The molecule has 3 rings (SSSR count). The van der Waals surface area contributed by atoms with E-state index >= 15 is 0 Å². The number of methoxy groups -OCH3 is 2. The first kappa shape index (κ1) is 20.1. The van der Waals surface area contributed by atoms with Gasteiger partial charge in [0.1, 0.15) is 17.2 Å². The number of ketones is 1. The third-order valence-electron chi connectivity index (χ3n) is 4.31. The van der Waals surface area contributed by atoms with Gasteiger partial charge in [-0.15, -0.1) is 0 Å². The molecule has 1 amide bonds. The largest absolute Gasteiger partial charge is 0.497 e. The molecule has 2 aromatic carbocycles. The minimum absolute atomic E-state index is 0.0861. The number of esters is 1. The molecule has 8 nitrogen and oxygen atoms in total. The number of Topliss-reactive ketones (excluding diaryl/α,β-unsaturated/α-hetero) is 1. The Balaban J connectivity index is 1.69. The fraction of sp³-hybridized carbons (Fsp3) is 0.238. The van der Waals surface area contributed by atoms with Crippen molar-refractivity contribution in [1.82, 2.24) is 0 Å². The summed E-state index contributed by atoms with van der Waals surface area (Å²) in [5, 5.41) is 5.29. The topological polar surface area (TPSA) is 94.5 Å². The summed E-state index contributed by atoms with van der Waals surface area (Å²) >= 11 is 0. The molecule has 0 radical (unpaired) electrons. The van der Waals surface area contributed by atoms with Gasteiger partial charge in [0.25, 0.3) is 0 Å². The van der Waals surface area contributed by atoms with Crippen molar-refractivity contribution in [2.45, 2.75) is 12.8 Å². The zero-order valence-corrected chi connectivity index (χ0v) is 16.1. The van der Waals surface area contributed by atoms with E-state index in [1.807, 2.05) is 6.07 Å². The van der Waals surface area contributed by atoms with Crippen molar-refractivity contribution in [3.8, 4) is 11.5 Å². The normalized spacial score (nSPS) is 13.5. The van der Waals surface area contributed by atoms with Gasteiger partial charge in [0.05, 0.1) is 25.5 Å². The quantitative estimate of drug-likeness (QED) is 0.527. The highest BCUT2D eigenvalue weighted by molar-refractivity contribution is 6.38. The molecule has 1 aliphatic rings. The van der Waals surface area contributed by atoms with Crippen molar-refractivity contribution < 1.29 is 28.6 Å². The Kier molecular flexibility index (Phi) is 6.23. The standard InChI is InChI=1S/C21H20N2O6/c1-27-15-8-9-16(19(12-15)28-2)18(24)13-29-21(26)17-10-11-20(25)23(22-17)14-6-4-3-5-7-14/h3-9,12H,10-11,13H2,1-2H3. The Bertz CT molecular complexity index is 955. The smallest absolute Gasteiger partial charge is 0.354 e. The first-order valence-electron chi connectivity index (χ1n) is 8.91. The van der Waals surface area contributed by atoms with Crippen LogP contribution in [0.3, 0.4) is 0 Å². The molecule has 0 unspecified atom stereocenters. The molecule has 0 saturated carbocycles. The summed E-state index contributed by atoms with van der Waals surface area (Å²) < 4.78 is 15.4. The number of hydrazone groups is 1. The molecule has 29 heavy (non-hydrogen) atoms. The van der Waals surface area contributed by atoms with Crippen LogP contribution in [0.15, 0.2) is 53.6 Å². The molecule has 0 N–H and O–H groups in total. The third-order valence-corrected chi connectivity index (χ3v) is 4.31. The molecule has 8 heteroatoms. The molecule has 0 atom stereocenters. The van der Waals surface area contributed by atoms with Crippen molar-refractivity contribution in [3.05, 3.63) is 54.1 Å². The summed E-state index contributed by atoms with van der Waals surface area (Å²) in [7, 11) is 2.94. The predicted molar refractivity (Wildman–Crippen MR) is 105 cm³/mol. The fourth-order valence-electron chi connectivity index (χ4n) is 2.79. The van der Waals surface area contributed by atoms with Crippen LogP contribution < -0.4 is 14.5 Å². The highest BCUT2D eigenvalue weighted by Gasteiger charge is 2.27. The van der Waals surface area contributed by atoms with Gasteiger partial charge in [-0.2, -0.15) is 5.10 Å². The van der Waals surface area contributed by atoms with Crippen LogP contribution in [0.2, 0.25) is 0 Å². The number of benzene rings is 2. The lowest BCUT2D eigenvalue weighted by atomic mass is 10.1. The average molecular weight is 396 g/mol. The van der Waals surface area contributed by atoms with Crippen molar-refractivity contribution in [2.75, 3.05) is 25.8 Å². The molecule has 0 bridgehead atoms. The number of carbonyl (C=O) groups excluding carboxylic acids is 3. The Labute approximate surface area is 167 Å². The Morgan fingerprint density at radius 2 is 1.79 bits per heavy atom. The first-order chi connectivity index (χ1) is 14.0. The van der Waals surface area contributed by atoms with E-state index < -0.39 is 18.4 Å². The number of carbonyl (C=O) groups is 3. The lowest BCUT2D eigenvalue weighted by Gasteiger charge is -2.22. The van der Waals surface area contributed by atoms with Gasteiger partial charge in [0, 0.05) is 18.9 Å². The van der Waals surface area contributed by atoms with E-state index in [1.54, 1.807) is 42.5 Å². The molecule has 150 valence electrons. The second kappa shape index (κ2) is 9.01. The van der Waals surface area contributed by atoms with Gasteiger partial charge in [-0.1, -0.05) is 18.2 Å². The fourth-order valence-corrected chi connectivity index (χ4v) is 2.79. The molecule has 2 aromatic rings. The van der Waals surface area contributed by atoms with E-state index in [0.717, 1.165) is 0 Å². The summed E-state index contributed by atoms with van der Waals surface area (Å²) in [6.07, 6.45) is 0.282. The van der Waals surface area contributed by atoms with E-state index in [2.05, 4.69) is 5.10 Å². The van der Waals surface area contributed by atoms with Crippen LogP contribution in [0.25, 0.3) is 0 Å². The zero-order valence-electron chi connectivity index (χ0n) is 16.1. The van der Waals surface area contributed by atoms with Gasteiger partial charge in [-0.3, -0.25) is 9.59 Å². The molecule has 1 aliphatic heterocycles.